The highest BCUT2D eigenvalue weighted by atomic mass is 15.2. The van der Waals surface area contributed by atoms with Crippen LogP contribution in [0, 0.1) is 0 Å². The Balaban J connectivity index is 1.25. The lowest BCUT2D eigenvalue weighted by atomic mass is 9.91. The molecule has 0 amide bonds. The Morgan fingerprint density at radius 2 is 1.42 bits per heavy atom. The number of rotatable bonds is 7. The molecule has 4 nitrogen and oxygen atoms in total. The first-order chi connectivity index (χ1) is 21.3. The smallest absolute Gasteiger partial charge is 0.0458 e. The van der Waals surface area contributed by atoms with E-state index in [-0.39, 0.29) is 0 Å². The van der Waals surface area contributed by atoms with Crippen molar-refractivity contribution in [3.8, 4) is 33.4 Å². The maximum absolute atomic E-state index is 4.40. The first kappa shape index (κ1) is 26.5. The summed E-state index contributed by atoms with van der Waals surface area (Å²) in [6.07, 6.45) is 27.9. The molecule has 5 aromatic rings. The number of benzene rings is 2. The van der Waals surface area contributed by atoms with Crippen molar-refractivity contribution in [1.82, 2.24) is 15.0 Å². The van der Waals surface area contributed by atoms with Crippen molar-refractivity contribution < 1.29 is 0 Å². The van der Waals surface area contributed by atoms with Gasteiger partial charge in [0.2, 0.25) is 0 Å². The van der Waals surface area contributed by atoms with E-state index in [1.54, 1.807) is 0 Å². The SMILES string of the molecule is C1=CCCC(N(C2=CCC(c3cccnc3)C=C2)c2ccc(-c3cc(-c4cccnc4)ccc3-c3cccnc3)cc2)=C1. The monoisotopic (exact) mass is 556 g/mol. The van der Waals surface area contributed by atoms with Gasteiger partial charge in [0, 0.05) is 71.3 Å². The van der Waals surface area contributed by atoms with Gasteiger partial charge in [0.05, 0.1) is 0 Å². The van der Waals surface area contributed by atoms with E-state index in [9.17, 15) is 0 Å². The quantitative estimate of drug-likeness (QED) is 0.200. The van der Waals surface area contributed by atoms with Crippen molar-refractivity contribution in [2.24, 2.45) is 0 Å². The minimum absolute atomic E-state index is 0.347. The first-order valence-corrected chi connectivity index (χ1v) is 14.8. The summed E-state index contributed by atoms with van der Waals surface area (Å²) in [4.78, 5) is 15.5. The molecular formula is C39H32N4. The van der Waals surface area contributed by atoms with Gasteiger partial charge in [-0.05, 0) is 95.6 Å². The largest absolute Gasteiger partial charge is 0.315 e. The Morgan fingerprint density at radius 3 is 2.07 bits per heavy atom. The Bertz CT molecular complexity index is 1820. The number of hydrogen-bond acceptors (Lipinski definition) is 4. The Morgan fingerprint density at radius 1 is 0.674 bits per heavy atom. The average molecular weight is 557 g/mol. The average Bonchev–Trinajstić information content (AvgIpc) is 3.10. The van der Waals surface area contributed by atoms with Gasteiger partial charge < -0.3 is 4.90 Å². The van der Waals surface area contributed by atoms with Gasteiger partial charge in [0.25, 0.3) is 0 Å². The molecule has 0 fully saturated rings. The van der Waals surface area contributed by atoms with Crippen LogP contribution in [0.3, 0.4) is 0 Å². The predicted octanol–water partition coefficient (Wildman–Crippen LogP) is 9.54. The van der Waals surface area contributed by atoms with E-state index in [2.05, 4.69) is 117 Å². The molecule has 0 aliphatic heterocycles. The van der Waals surface area contributed by atoms with Crippen molar-refractivity contribution in [2.75, 3.05) is 4.90 Å². The molecule has 0 saturated heterocycles. The second kappa shape index (κ2) is 12.3. The summed E-state index contributed by atoms with van der Waals surface area (Å²) in [6, 6.07) is 28.0. The molecule has 0 bridgehead atoms. The van der Waals surface area contributed by atoms with E-state index in [4.69, 9.17) is 0 Å². The molecule has 2 aliphatic carbocycles. The summed E-state index contributed by atoms with van der Waals surface area (Å²) in [5, 5.41) is 0. The number of pyridine rings is 3. The van der Waals surface area contributed by atoms with Gasteiger partial charge in [-0.3, -0.25) is 15.0 Å². The lowest BCUT2D eigenvalue weighted by molar-refractivity contribution is 0.821. The Hall–Kier alpha value is -5.35. The van der Waals surface area contributed by atoms with Crippen LogP contribution in [0.2, 0.25) is 0 Å². The van der Waals surface area contributed by atoms with E-state index in [0.717, 1.165) is 52.8 Å². The highest BCUT2D eigenvalue weighted by Crippen LogP contribution is 2.38. The molecule has 0 spiro atoms. The third-order valence-corrected chi connectivity index (χ3v) is 8.15. The summed E-state index contributed by atoms with van der Waals surface area (Å²) in [5.41, 5.74) is 11.8. The van der Waals surface area contributed by atoms with Gasteiger partial charge in [-0.15, -0.1) is 0 Å². The molecule has 7 rings (SSSR count). The highest BCUT2D eigenvalue weighted by Gasteiger charge is 2.20. The molecule has 4 heteroatoms. The second-order valence-corrected chi connectivity index (χ2v) is 10.9. The van der Waals surface area contributed by atoms with Crippen LogP contribution in [0.5, 0.6) is 0 Å². The summed E-state index contributed by atoms with van der Waals surface area (Å²) >= 11 is 0. The number of allylic oxidation sites excluding steroid dienone is 7. The highest BCUT2D eigenvalue weighted by molar-refractivity contribution is 5.87. The molecule has 0 N–H and O–H groups in total. The molecule has 43 heavy (non-hydrogen) atoms. The first-order valence-electron chi connectivity index (χ1n) is 14.8. The Kier molecular flexibility index (Phi) is 7.56. The Labute approximate surface area is 253 Å². The molecular weight excluding hydrogens is 524 g/mol. The minimum Gasteiger partial charge on any atom is -0.315 e. The van der Waals surface area contributed by atoms with E-state index < -0.39 is 0 Å². The van der Waals surface area contributed by atoms with Crippen molar-refractivity contribution in [3.63, 3.8) is 0 Å². The van der Waals surface area contributed by atoms with Crippen LogP contribution in [0.4, 0.5) is 5.69 Å². The lowest BCUT2D eigenvalue weighted by Gasteiger charge is -2.32. The molecule has 1 atom stereocenters. The van der Waals surface area contributed by atoms with Gasteiger partial charge in [0.15, 0.2) is 0 Å². The number of hydrogen-bond donors (Lipinski definition) is 0. The third-order valence-electron chi connectivity index (χ3n) is 8.15. The van der Waals surface area contributed by atoms with E-state index in [1.165, 1.54) is 22.5 Å². The summed E-state index contributed by atoms with van der Waals surface area (Å²) in [6.45, 7) is 0. The normalized spacial score (nSPS) is 16.0. The molecule has 2 aromatic carbocycles. The molecule has 2 aliphatic rings. The van der Waals surface area contributed by atoms with Crippen LogP contribution in [-0.4, -0.2) is 15.0 Å². The topological polar surface area (TPSA) is 41.9 Å². The zero-order valence-corrected chi connectivity index (χ0v) is 23.9. The molecule has 3 aromatic heterocycles. The number of aromatic nitrogens is 3. The molecule has 208 valence electrons. The molecule has 3 heterocycles. The van der Waals surface area contributed by atoms with Crippen molar-refractivity contribution in [3.05, 3.63) is 169 Å². The van der Waals surface area contributed by atoms with Gasteiger partial charge in [-0.2, -0.15) is 0 Å². The van der Waals surface area contributed by atoms with E-state index >= 15 is 0 Å². The van der Waals surface area contributed by atoms with Crippen LogP contribution < -0.4 is 4.90 Å². The summed E-state index contributed by atoms with van der Waals surface area (Å²) < 4.78 is 0. The summed E-state index contributed by atoms with van der Waals surface area (Å²) in [7, 11) is 0. The van der Waals surface area contributed by atoms with Crippen molar-refractivity contribution in [2.45, 2.75) is 25.2 Å². The fourth-order valence-corrected chi connectivity index (χ4v) is 5.93. The molecule has 0 saturated carbocycles. The van der Waals surface area contributed by atoms with E-state index in [1.807, 2.05) is 55.4 Å². The fraction of sp³-hybridized carbons (Fsp3) is 0.103. The number of nitrogens with zero attached hydrogens (tertiary/aromatic N) is 4. The van der Waals surface area contributed by atoms with Gasteiger partial charge in [-0.1, -0.05) is 66.8 Å². The minimum atomic E-state index is 0.347. The maximum atomic E-state index is 4.40. The van der Waals surface area contributed by atoms with Crippen LogP contribution in [0.15, 0.2) is 164 Å². The maximum Gasteiger partial charge on any atom is 0.0458 e. The lowest BCUT2D eigenvalue weighted by Crippen LogP contribution is -2.23. The number of anilines is 1. The predicted molar refractivity (Wildman–Crippen MR) is 176 cm³/mol. The van der Waals surface area contributed by atoms with Gasteiger partial charge in [0.1, 0.15) is 0 Å². The molecule has 0 radical (unpaired) electrons. The molecule has 1 unspecified atom stereocenters. The van der Waals surface area contributed by atoms with Gasteiger partial charge >= 0.3 is 0 Å². The van der Waals surface area contributed by atoms with E-state index in [0.29, 0.717) is 5.92 Å². The summed E-state index contributed by atoms with van der Waals surface area (Å²) in [5.74, 6) is 0.347. The van der Waals surface area contributed by atoms with Crippen LogP contribution >= 0.6 is 0 Å². The van der Waals surface area contributed by atoms with Crippen LogP contribution in [0.25, 0.3) is 33.4 Å². The van der Waals surface area contributed by atoms with Crippen LogP contribution in [0.1, 0.15) is 30.7 Å². The third kappa shape index (κ3) is 5.73. The zero-order valence-electron chi connectivity index (χ0n) is 23.9. The van der Waals surface area contributed by atoms with Crippen molar-refractivity contribution in [1.29, 1.82) is 0 Å². The van der Waals surface area contributed by atoms with Crippen LogP contribution in [-0.2, 0) is 0 Å². The standard InChI is InChI=1S/C39H32N4/c1-2-10-35(11-3-1)43(36-17-12-29(13-18-36)32-7-4-22-40-26-32)37-19-14-30(15-20-37)39-25-31(33-8-5-23-41-27-33)16-21-38(39)34-9-6-24-42-28-34/h1-2,4-10,12,14-29H,3,11,13H2. The second-order valence-electron chi connectivity index (χ2n) is 10.9. The zero-order chi connectivity index (χ0) is 28.8. The van der Waals surface area contributed by atoms with Crippen molar-refractivity contribution >= 4 is 5.69 Å². The fourth-order valence-electron chi connectivity index (χ4n) is 5.93. The van der Waals surface area contributed by atoms with Gasteiger partial charge in [-0.25, -0.2) is 0 Å².